The van der Waals surface area contributed by atoms with Crippen molar-refractivity contribution in [2.75, 3.05) is 52.3 Å². The molecule has 1 fully saturated rings. The number of aryl methyl sites for hydroxylation is 1. The molecular formula is C20H28N6O3S. The van der Waals surface area contributed by atoms with E-state index in [1.165, 1.54) is 25.8 Å². The Bertz CT molecular complexity index is 892. The van der Waals surface area contributed by atoms with E-state index in [-0.39, 0.29) is 0 Å². The van der Waals surface area contributed by atoms with Gasteiger partial charge >= 0.3 is 5.97 Å². The molecule has 9 nitrogen and oxygen atoms in total. The van der Waals surface area contributed by atoms with E-state index in [9.17, 15) is 4.79 Å². The molecule has 0 aliphatic carbocycles. The van der Waals surface area contributed by atoms with Crippen molar-refractivity contribution < 1.29 is 14.3 Å². The fraction of sp³-hybridized carbons (Fsp3) is 0.500. The molecule has 162 valence electrons. The Morgan fingerprint density at radius 1 is 1.27 bits per heavy atom. The molecule has 1 saturated heterocycles. The summed E-state index contributed by atoms with van der Waals surface area (Å²) in [6.45, 7) is 6.03. The maximum absolute atomic E-state index is 12.0. The van der Waals surface area contributed by atoms with Crippen molar-refractivity contribution in [3.8, 4) is 5.75 Å². The van der Waals surface area contributed by atoms with Crippen molar-refractivity contribution >= 4 is 28.6 Å². The Morgan fingerprint density at radius 3 is 2.63 bits per heavy atom. The third kappa shape index (κ3) is 4.99. The summed E-state index contributed by atoms with van der Waals surface area (Å²) < 4.78 is 14.5. The molecule has 30 heavy (non-hydrogen) atoms. The summed E-state index contributed by atoms with van der Waals surface area (Å²) >= 11 is 1.46. The lowest BCUT2D eigenvalue weighted by Gasteiger charge is -2.36. The van der Waals surface area contributed by atoms with Crippen LogP contribution in [0.15, 0.2) is 23.2 Å². The maximum Gasteiger partial charge on any atom is 0.341 e. The predicted octanol–water partition coefficient (Wildman–Crippen LogP) is 1.79. The molecule has 0 atom stereocenters. The van der Waals surface area contributed by atoms with Crippen molar-refractivity contribution in [2.45, 2.75) is 19.9 Å². The molecular weight excluding hydrogens is 404 g/mol. The van der Waals surface area contributed by atoms with Gasteiger partial charge in [-0.25, -0.2) is 9.78 Å². The number of rotatable bonds is 6. The Labute approximate surface area is 180 Å². The van der Waals surface area contributed by atoms with E-state index in [4.69, 9.17) is 9.47 Å². The van der Waals surface area contributed by atoms with Crippen LogP contribution in [-0.2, 0) is 17.7 Å². The van der Waals surface area contributed by atoms with E-state index >= 15 is 0 Å². The van der Waals surface area contributed by atoms with Gasteiger partial charge in [0.05, 0.1) is 14.2 Å². The van der Waals surface area contributed by atoms with E-state index in [2.05, 4.69) is 36.4 Å². The van der Waals surface area contributed by atoms with Crippen LogP contribution in [0.2, 0.25) is 0 Å². The molecule has 0 saturated carbocycles. The lowest BCUT2D eigenvalue weighted by molar-refractivity contribution is 0.0597. The summed E-state index contributed by atoms with van der Waals surface area (Å²) in [5.41, 5.74) is 1.35. The van der Waals surface area contributed by atoms with E-state index in [0.717, 1.165) is 55.1 Å². The van der Waals surface area contributed by atoms with Crippen molar-refractivity contribution in [3.63, 3.8) is 0 Å². The first-order chi connectivity index (χ1) is 14.6. The molecule has 1 aliphatic heterocycles. The number of nitrogens with zero attached hydrogens (tertiary/aromatic N) is 5. The number of benzene rings is 1. The summed E-state index contributed by atoms with van der Waals surface area (Å²) in [5, 5.41) is 4.37. The zero-order valence-electron chi connectivity index (χ0n) is 17.8. The molecule has 1 aromatic heterocycles. The van der Waals surface area contributed by atoms with Crippen molar-refractivity contribution in [3.05, 3.63) is 35.2 Å². The predicted molar refractivity (Wildman–Crippen MR) is 118 cm³/mol. The summed E-state index contributed by atoms with van der Waals surface area (Å²) in [7, 11) is 4.67. The van der Waals surface area contributed by atoms with Crippen LogP contribution in [0.1, 0.15) is 28.7 Å². The van der Waals surface area contributed by atoms with Crippen molar-refractivity contribution in [2.24, 2.45) is 4.99 Å². The van der Waals surface area contributed by atoms with Crippen LogP contribution in [0.5, 0.6) is 5.75 Å². The summed E-state index contributed by atoms with van der Waals surface area (Å²) in [5.74, 6) is 1.81. The molecule has 0 radical (unpaired) electrons. The second kappa shape index (κ2) is 10.2. The van der Waals surface area contributed by atoms with Gasteiger partial charge in [0.1, 0.15) is 17.1 Å². The van der Waals surface area contributed by atoms with Crippen molar-refractivity contribution in [1.29, 1.82) is 0 Å². The van der Waals surface area contributed by atoms with Crippen LogP contribution in [0.25, 0.3) is 0 Å². The largest absolute Gasteiger partial charge is 0.496 e. The number of ether oxygens (including phenoxy) is 2. The summed E-state index contributed by atoms with van der Waals surface area (Å²) in [6, 6.07) is 5.48. The lowest BCUT2D eigenvalue weighted by Crippen LogP contribution is -2.52. The fourth-order valence-electron chi connectivity index (χ4n) is 3.27. The van der Waals surface area contributed by atoms with Crippen LogP contribution >= 0.6 is 11.5 Å². The number of carbonyl (C=O) groups excluding carboxylic acids is 1. The summed E-state index contributed by atoms with van der Waals surface area (Å²) in [4.78, 5) is 25.5. The highest BCUT2D eigenvalue weighted by Gasteiger charge is 2.22. The number of nitrogens with one attached hydrogen (secondary N) is 1. The number of guanidine groups is 1. The zero-order chi connectivity index (χ0) is 21.5. The third-order valence-corrected chi connectivity index (χ3v) is 5.77. The SMILES string of the molecule is CCc1nsc(N2CCN(C(=NC)NCc3ccc(OC)c(C(=O)OC)c3)CC2)n1. The van der Waals surface area contributed by atoms with Crippen LogP contribution in [0.3, 0.4) is 0 Å². The van der Waals surface area contributed by atoms with Gasteiger partial charge in [0, 0.05) is 57.7 Å². The number of hydrogen-bond acceptors (Lipinski definition) is 8. The Balaban J connectivity index is 1.58. The summed E-state index contributed by atoms with van der Waals surface area (Å²) in [6.07, 6.45) is 0.857. The molecule has 0 unspecified atom stereocenters. The Hall–Kier alpha value is -2.88. The second-order valence-corrected chi connectivity index (χ2v) is 7.48. The van der Waals surface area contributed by atoms with Gasteiger partial charge in [0.2, 0.25) is 5.13 Å². The number of methoxy groups -OCH3 is 2. The molecule has 1 aromatic carbocycles. The van der Waals surface area contributed by atoms with Gasteiger partial charge in [-0.15, -0.1) is 0 Å². The van der Waals surface area contributed by atoms with Gasteiger partial charge in [-0.3, -0.25) is 4.99 Å². The average Bonchev–Trinajstić information content (AvgIpc) is 3.28. The number of carbonyl (C=O) groups is 1. The van der Waals surface area contributed by atoms with E-state index in [1.54, 1.807) is 19.2 Å². The minimum Gasteiger partial charge on any atom is -0.496 e. The molecule has 3 rings (SSSR count). The van der Waals surface area contributed by atoms with E-state index < -0.39 is 5.97 Å². The van der Waals surface area contributed by atoms with Gasteiger partial charge in [0.15, 0.2) is 5.96 Å². The van der Waals surface area contributed by atoms with Gasteiger partial charge in [-0.1, -0.05) is 13.0 Å². The molecule has 10 heteroatoms. The quantitative estimate of drug-likeness (QED) is 0.420. The van der Waals surface area contributed by atoms with Crippen LogP contribution < -0.4 is 15.0 Å². The molecule has 2 aromatic rings. The standard InChI is InChI=1S/C20H28N6O3S/c1-5-17-23-20(30-24-17)26-10-8-25(9-11-26)19(21-2)22-13-14-6-7-16(28-3)15(12-14)18(27)29-4/h6-7,12H,5,8-11,13H2,1-4H3,(H,21,22). The number of aliphatic imine (C=N–C) groups is 1. The zero-order valence-corrected chi connectivity index (χ0v) is 18.7. The molecule has 1 N–H and O–H groups in total. The molecule has 2 heterocycles. The first-order valence-electron chi connectivity index (χ1n) is 9.88. The highest BCUT2D eigenvalue weighted by molar-refractivity contribution is 7.09. The highest BCUT2D eigenvalue weighted by Crippen LogP contribution is 2.21. The normalized spacial score (nSPS) is 14.6. The molecule has 0 bridgehead atoms. The molecule has 0 amide bonds. The van der Waals surface area contributed by atoms with Crippen LogP contribution in [0, 0.1) is 0 Å². The van der Waals surface area contributed by atoms with Gasteiger partial charge in [-0.2, -0.15) is 4.37 Å². The molecule has 1 aliphatic rings. The number of piperazine rings is 1. The second-order valence-electron chi connectivity index (χ2n) is 6.75. The van der Waals surface area contributed by atoms with Crippen molar-refractivity contribution in [1.82, 2.24) is 19.6 Å². The van der Waals surface area contributed by atoms with Gasteiger partial charge in [0.25, 0.3) is 0 Å². The minimum atomic E-state index is -0.419. The third-order valence-electron chi connectivity index (χ3n) is 4.95. The maximum atomic E-state index is 12.0. The number of esters is 1. The lowest BCUT2D eigenvalue weighted by atomic mass is 10.1. The van der Waals surface area contributed by atoms with Gasteiger partial charge < -0.3 is 24.6 Å². The first-order valence-corrected chi connectivity index (χ1v) is 10.6. The number of hydrogen-bond donors (Lipinski definition) is 1. The smallest absolute Gasteiger partial charge is 0.341 e. The minimum absolute atomic E-state index is 0.409. The monoisotopic (exact) mass is 432 g/mol. The Morgan fingerprint density at radius 2 is 2.03 bits per heavy atom. The Kier molecular flexibility index (Phi) is 7.45. The highest BCUT2D eigenvalue weighted by atomic mass is 32.1. The topological polar surface area (TPSA) is 92.2 Å². The van der Waals surface area contributed by atoms with E-state index in [1.807, 2.05) is 6.07 Å². The molecule has 0 spiro atoms. The average molecular weight is 433 g/mol. The van der Waals surface area contributed by atoms with Crippen LogP contribution in [-0.4, -0.2) is 73.6 Å². The number of anilines is 1. The number of aromatic nitrogens is 2. The fourth-order valence-corrected chi connectivity index (χ4v) is 4.08. The van der Waals surface area contributed by atoms with Crippen LogP contribution in [0.4, 0.5) is 5.13 Å². The first kappa shape index (κ1) is 21.8. The van der Waals surface area contributed by atoms with Gasteiger partial charge in [-0.05, 0) is 17.7 Å². The van der Waals surface area contributed by atoms with E-state index in [0.29, 0.717) is 17.9 Å².